The van der Waals surface area contributed by atoms with Gasteiger partial charge in [-0.3, -0.25) is 28.8 Å². The molecule has 0 bridgehead atoms. The highest BCUT2D eigenvalue weighted by atomic mass is 16.4. The molecule has 69 heavy (non-hydrogen) atoms. The first-order valence-corrected chi connectivity index (χ1v) is 24.6. The van der Waals surface area contributed by atoms with Crippen molar-refractivity contribution in [3.05, 3.63) is 102 Å². The van der Waals surface area contributed by atoms with Crippen LogP contribution in [-0.2, 0) is 52.8 Å². The molecule has 378 valence electrons. The van der Waals surface area contributed by atoms with Crippen LogP contribution in [0.15, 0.2) is 84.9 Å². The fourth-order valence-corrected chi connectivity index (χ4v) is 7.96. The second-order valence-electron chi connectivity index (χ2n) is 18.5. The number of rotatable bonds is 34. The van der Waals surface area contributed by atoms with E-state index in [-0.39, 0.29) is 62.0 Å². The van der Waals surface area contributed by atoms with Gasteiger partial charge < -0.3 is 47.6 Å². The van der Waals surface area contributed by atoms with Crippen molar-refractivity contribution in [2.24, 2.45) is 11.7 Å². The molecule has 0 saturated heterocycles. The number of benzene rings is 3. The zero-order valence-corrected chi connectivity index (χ0v) is 40.6. The van der Waals surface area contributed by atoms with Crippen molar-refractivity contribution in [1.29, 1.82) is 0 Å². The lowest BCUT2D eigenvalue weighted by atomic mass is 10.0. The summed E-state index contributed by atoms with van der Waals surface area (Å²) in [7, 11) is 0. The Balaban J connectivity index is 1.29. The normalized spacial score (nSPS) is 13.8. The summed E-state index contributed by atoms with van der Waals surface area (Å²) in [4.78, 5) is 90.1. The molecule has 0 fully saturated rings. The zero-order valence-electron chi connectivity index (χ0n) is 40.6. The van der Waals surface area contributed by atoms with E-state index in [0.717, 1.165) is 75.3 Å². The molecule has 3 aromatic carbocycles. The van der Waals surface area contributed by atoms with Gasteiger partial charge >= 0.3 is 5.97 Å². The number of carbonyl (C=O) groups excluding carboxylic acids is 6. The summed E-state index contributed by atoms with van der Waals surface area (Å²) in [6.45, 7) is 5.16. The van der Waals surface area contributed by atoms with E-state index in [0.29, 0.717) is 18.4 Å². The Bertz CT molecular complexity index is 2030. The maximum Gasteiger partial charge on any atom is 0.326 e. The highest BCUT2D eigenvalue weighted by Gasteiger charge is 2.32. The van der Waals surface area contributed by atoms with Crippen molar-refractivity contribution >= 4 is 41.4 Å². The molecule has 16 heteroatoms. The number of carboxylic acids is 1. The van der Waals surface area contributed by atoms with E-state index >= 15 is 0 Å². The number of nitrogens with two attached hydrogens (primary N) is 1. The largest absolute Gasteiger partial charge is 0.508 e. The second-order valence-corrected chi connectivity index (χ2v) is 18.5. The fraction of sp³-hybridized carbons (Fsp3) is 0.528. The Labute approximate surface area is 407 Å². The minimum Gasteiger partial charge on any atom is -0.508 e. The number of amides is 6. The average molecular weight is 957 g/mol. The maximum absolute atomic E-state index is 13.4. The highest BCUT2D eigenvalue weighted by Crippen LogP contribution is 2.16. The van der Waals surface area contributed by atoms with Gasteiger partial charge in [-0.15, -0.1) is 0 Å². The number of primary amides is 1. The molecular weight excluding hydrogens is 881 g/mol. The number of nitrogens with one attached hydrogen (secondary N) is 5. The van der Waals surface area contributed by atoms with Gasteiger partial charge in [-0.25, -0.2) is 4.79 Å². The molecule has 6 amide bonds. The summed E-state index contributed by atoms with van der Waals surface area (Å²) in [5.74, 6) is -4.37. The Morgan fingerprint density at radius 2 is 0.870 bits per heavy atom. The number of carbonyl (C=O) groups is 7. The second kappa shape index (κ2) is 31.7. The predicted molar refractivity (Wildman–Crippen MR) is 264 cm³/mol. The predicted octanol–water partition coefficient (Wildman–Crippen LogP) is 5.30. The first kappa shape index (κ1) is 57.0. The third kappa shape index (κ3) is 23.5. The Morgan fingerprint density at radius 3 is 1.32 bits per heavy atom. The lowest BCUT2D eigenvalue weighted by Crippen LogP contribution is -2.59. The molecule has 0 saturated carbocycles. The first-order chi connectivity index (χ1) is 33.0. The van der Waals surface area contributed by atoms with Gasteiger partial charge in [0.2, 0.25) is 35.4 Å². The molecule has 0 radical (unpaired) electrons. The number of phenolic OH excluding ortho intramolecular Hbond substituents is 1. The molecule has 0 heterocycles. The molecule has 10 N–H and O–H groups in total. The molecule has 0 unspecified atom stereocenters. The van der Waals surface area contributed by atoms with Crippen LogP contribution in [0.3, 0.4) is 0 Å². The number of aromatic hydroxyl groups is 1. The van der Waals surface area contributed by atoms with Gasteiger partial charge in [0.25, 0.3) is 0 Å². The third-order valence-corrected chi connectivity index (χ3v) is 11.8. The number of aliphatic hydroxyl groups is 1. The zero-order chi connectivity index (χ0) is 50.6. The van der Waals surface area contributed by atoms with Crippen molar-refractivity contribution in [2.75, 3.05) is 0 Å². The molecule has 0 aliphatic heterocycles. The van der Waals surface area contributed by atoms with Crippen molar-refractivity contribution < 1.29 is 48.9 Å². The first-order valence-electron chi connectivity index (χ1n) is 24.6. The van der Waals surface area contributed by atoms with Crippen LogP contribution in [0.2, 0.25) is 0 Å². The SMILES string of the molecule is CC(C)C[C@H](NC(=O)[C@@H](NC(=O)CCCCCCCCCCCCCCC(=O)N[C@@H](Cc1ccc(O)cc1)C(=O)N[C@@H](Cc1ccccc1)C(=O)O)[C@@H](C)O)C(=O)N[C@@H](Cc1ccccc1)C(N)=O. The monoisotopic (exact) mass is 957 g/mol. The fourth-order valence-electron chi connectivity index (χ4n) is 7.96. The van der Waals surface area contributed by atoms with Gasteiger partial charge in [-0.2, -0.15) is 0 Å². The summed E-state index contributed by atoms with van der Waals surface area (Å²) in [5, 5.41) is 43.3. The quantitative estimate of drug-likeness (QED) is 0.0349. The topological polar surface area (TPSA) is 266 Å². The molecule has 16 nitrogen and oxygen atoms in total. The summed E-state index contributed by atoms with van der Waals surface area (Å²) in [6, 6.07) is 18.9. The molecule has 3 rings (SSSR count). The number of aliphatic carboxylic acids is 1. The van der Waals surface area contributed by atoms with Crippen molar-refractivity contribution in [2.45, 2.75) is 173 Å². The molecule has 0 aromatic heterocycles. The number of carboxylic acid groups (broad SMARTS) is 1. The van der Waals surface area contributed by atoms with Gasteiger partial charge in [-0.1, -0.05) is 151 Å². The lowest BCUT2D eigenvalue weighted by molar-refractivity contribution is -0.142. The van der Waals surface area contributed by atoms with Crippen LogP contribution in [-0.4, -0.2) is 93.0 Å². The number of aliphatic hydroxyl groups excluding tert-OH is 1. The number of unbranched alkanes of at least 4 members (excludes halogenated alkanes) is 11. The van der Waals surface area contributed by atoms with Gasteiger partial charge in [0, 0.05) is 32.1 Å². The van der Waals surface area contributed by atoms with Crippen molar-refractivity contribution in [3.8, 4) is 5.75 Å². The minimum absolute atomic E-state index is 0.00223. The van der Waals surface area contributed by atoms with E-state index in [2.05, 4.69) is 26.6 Å². The van der Waals surface area contributed by atoms with E-state index in [1.807, 2.05) is 50.2 Å². The van der Waals surface area contributed by atoms with Crippen LogP contribution in [0.5, 0.6) is 5.75 Å². The molecular formula is C53H76N6O10. The molecule has 6 atom stereocenters. The summed E-state index contributed by atoms with van der Waals surface area (Å²) >= 11 is 0. The van der Waals surface area contributed by atoms with Crippen LogP contribution >= 0.6 is 0 Å². The van der Waals surface area contributed by atoms with Crippen LogP contribution in [0.1, 0.15) is 134 Å². The van der Waals surface area contributed by atoms with Crippen LogP contribution in [0, 0.1) is 5.92 Å². The summed E-state index contributed by atoms with van der Waals surface area (Å²) in [6.07, 6.45) is 11.2. The molecule has 0 aliphatic carbocycles. The number of phenols is 1. The van der Waals surface area contributed by atoms with Gasteiger partial charge in [0.15, 0.2) is 0 Å². The van der Waals surface area contributed by atoms with Gasteiger partial charge in [-0.05, 0) is 60.9 Å². The van der Waals surface area contributed by atoms with Gasteiger partial charge in [0.1, 0.15) is 36.0 Å². The van der Waals surface area contributed by atoms with E-state index < -0.39 is 65.9 Å². The third-order valence-electron chi connectivity index (χ3n) is 11.8. The molecule has 3 aromatic rings. The molecule has 0 aliphatic rings. The molecule has 0 spiro atoms. The Hall–Kier alpha value is -6.29. The van der Waals surface area contributed by atoms with E-state index in [9.17, 15) is 48.9 Å². The lowest BCUT2D eigenvalue weighted by Gasteiger charge is -2.26. The van der Waals surface area contributed by atoms with Crippen LogP contribution in [0.4, 0.5) is 0 Å². The average Bonchev–Trinajstić information content (AvgIpc) is 3.30. The van der Waals surface area contributed by atoms with E-state index in [1.54, 1.807) is 36.4 Å². The summed E-state index contributed by atoms with van der Waals surface area (Å²) in [5.41, 5.74) is 7.86. The maximum atomic E-state index is 13.4. The van der Waals surface area contributed by atoms with Crippen molar-refractivity contribution in [3.63, 3.8) is 0 Å². The van der Waals surface area contributed by atoms with Crippen LogP contribution in [0.25, 0.3) is 0 Å². The standard InChI is InChI=1S/C53H76N6O10/c1-36(2)32-43(50(65)56-42(49(54)64)33-38-22-16-14-17-23-38)57-52(67)48(37(3)60)59-47(63)27-21-13-11-9-7-5-4-6-8-10-12-20-26-46(62)55-44(34-40-28-30-41(61)31-29-40)51(66)58-45(53(68)69)35-39-24-18-15-19-25-39/h14-19,22-25,28-31,36-37,42-45,48,60-61H,4-13,20-21,26-27,32-35H2,1-3H3,(H2,54,64)(H,55,62)(H,56,65)(H,57,67)(H,58,66)(H,59,63)(H,68,69)/t37-,42+,43+,44+,45+,48+/m1/s1. The smallest absolute Gasteiger partial charge is 0.326 e. The van der Waals surface area contributed by atoms with Crippen molar-refractivity contribution in [1.82, 2.24) is 26.6 Å². The Morgan fingerprint density at radius 1 is 0.478 bits per heavy atom. The van der Waals surface area contributed by atoms with Gasteiger partial charge in [0.05, 0.1) is 6.10 Å². The number of hydrogen-bond donors (Lipinski definition) is 9. The highest BCUT2D eigenvalue weighted by molar-refractivity contribution is 5.94. The minimum atomic E-state index is -1.27. The number of hydrogen-bond acceptors (Lipinski definition) is 9. The van der Waals surface area contributed by atoms with Crippen LogP contribution < -0.4 is 32.3 Å². The Kier molecular flexibility index (Phi) is 26.2. The summed E-state index contributed by atoms with van der Waals surface area (Å²) < 4.78 is 0. The van der Waals surface area contributed by atoms with E-state index in [4.69, 9.17) is 5.73 Å². The van der Waals surface area contributed by atoms with E-state index in [1.165, 1.54) is 19.1 Å².